The number of aryl methyl sites for hydroxylation is 1. The van der Waals surface area contributed by atoms with E-state index in [1.807, 2.05) is 0 Å². The van der Waals surface area contributed by atoms with Gasteiger partial charge in [-0.1, -0.05) is 41.6 Å². The van der Waals surface area contributed by atoms with Gasteiger partial charge in [0.15, 0.2) is 11.4 Å². The molecule has 0 saturated carbocycles. The molecule has 1 unspecified atom stereocenters. The molecule has 2 heterocycles. The number of rotatable bonds is 5. The highest BCUT2D eigenvalue weighted by atomic mass is 32.2. The van der Waals surface area contributed by atoms with Crippen LogP contribution < -0.4 is 10.3 Å². The fraction of sp³-hybridized carbons (Fsp3) is 0.412. The molecule has 23 heavy (non-hydrogen) atoms. The van der Waals surface area contributed by atoms with Crippen molar-refractivity contribution in [2.75, 3.05) is 6.61 Å². The summed E-state index contributed by atoms with van der Waals surface area (Å²) < 4.78 is 11.1. The SMILES string of the molecule is Cc1ccc(CSc2ncc(OC3CCCCO3)c(=O)[nH]2)cc1. The Morgan fingerprint density at radius 3 is 2.87 bits per heavy atom. The lowest BCUT2D eigenvalue weighted by atomic mass is 10.2. The van der Waals surface area contributed by atoms with E-state index in [-0.39, 0.29) is 17.6 Å². The maximum absolute atomic E-state index is 12.1. The lowest BCUT2D eigenvalue weighted by Gasteiger charge is -2.22. The molecule has 1 aromatic heterocycles. The highest BCUT2D eigenvalue weighted by Crippen LogP contribution is 2.20. The van der Waals surface area contributed by atoms with Crippen LogP contribution in [0.1, 0.15) is 30.4 Å². The molecule has 1 atom stereocenters. The molecule has 0 aliphatic carbocycles. The van der Waals surface area contributed by atoms with Crippen molar-refractivity contribution in [1.82, 2.24) is 9.97 Å². The smallest absolute Gasteiger partial charge is 0.294 e. The van der Waals surface area contributed by atoms with Gasteiger partial charge in [0.2, 0.25) is 5.75 Å². The minimum Gasteiger partial charge on any atom is -0.458 e. The van der Waals surface area contributed by atoms with Crippen molar-refractivity contribution >= 4 is 11.8 Å². The molecule has 0 amide bonds. The van der Waals surface area contributed by atoms with Gasteiger partial charge in [-0.25, -0.2) is 4.98 Å². The van der Waals surface area contributed by atoms with E-state index in [0.29, 0.717) is 11.8 Å². The van der Waals surface area contributed by atoms with Crippen molar-refractivity contribution in [3.05, 3.63) is 51.9 Å². The number of aromatic amines is 1. The van der Waals surface area contributed by atoms with Crippen LogP contribution in [-0.2, 0) is 10.5 Å². The van der Waals surface area contributed by atoms with Crippen LogP contribution in [-0.4, -0.2) is 22.9 Å². The van der Waals surface area contributed by atoms with Crippen molar-refractivity contribution in [3.8, 4) is 5.75 Å². The number of ether oxygens (including phenoxy) is 2. The monoisotopic (exact) mass is 332 g/mol. The molecule has 1 N–H and O–H groups in total. The summed E-state index contributed by atoms with van der Waals surface area (Å²) in [4.78, 5) is 19.1. The second-order valence-corrected chi connectivity index (χ2v) is 6.53. The Hall–Kier alpha value is -1.79. The van der Waals surface area contributed by atoms with Crippen molar-refractivity contribution in [3.63, 3.8) is 0 Å². The van der Waals surface area contributed by atoms with E-state index in [0.717, 1.165) is 25.0 Å². The minimum atomic E-state index is -0.335. The Morgan fingerprint density at radius 1 is 1.35 bits per heavy atom. The number of benzene rings is 1. The maximum atomic E-state index is 12.1. The molecule has 122 valence electrons. The molecule has 3 rings (SSSR count). The molecule has 5 nitrogen and oxygen atoms in total. The Kier molecular flexibility index (Phi) is 5.35. The largest absolute Gasteiger partial charge is 0.458 e. The van der Waals surface area contributed by atoms with E-state index in [9.17, 15) is 4.79 Å². The normalized spacial score (nSPS) is 17.9. The first-order valence-corrected chi connectivity index (χ1v) is 8.75. The van der Waals surface area contributed by atoms with Crippen LogP contribution in [0.5, 0.6) is 5.75 Å². The average molecular weight is 332 g/mol. The lowest BCUT2D eigenvalue weighted by Crippen LogP contribution is -2.27. The van der Waals surface area contributed by atoms with Crippen LogP contribution in [0.15, 0.2) is 40.4 Å². The summed E-state index contributed by atoms with van der Waals surface area (Å²) in [7, 11) is 0. The molecule has 0 bridgehead atoms. The zero-order valence-corrected chi connectivity index (χ0v) is 13.9. The van der Waals surface area contributed by atoms with E-state index in [1.165, 1.54) is 29.1 Å². The first-order chi connectivity index (χ1) is 11.2. The Balaban J connectivity index is 1.59. The highest BCUT2D eigenvalue weighted by molar-refractivity contribution is 7.98. The summed E-state index contributed by atoms with van der Waals surface area (Å²) >= 11 is 1.49. The summed E-state index contributed by atoms with van der Waals surface area (Å²) in [5.41, 5.74) is 2.16. The lowest BCUT2D eigenvalue weighted by molar-refractivity contribution is -0.106. The molecule has 1 saturated heterocycles. The van der Waals surface area contributed by atoms with E-state index >= 15 is 0 Å². The topological polar surface area (TPSA) is 64.2 Å². The van der Waals surface area contributed by atoms with E-state index < -0.39 is 0 Å². The first kappa shape index (κ1) is 16.1. The zero-order valence-electron chi connectivity index (χ0n) is 13.1. The Labute approximate surface area is 139 Å². The van der Waals surface area contributed by atoms with E-state index in [1.54, 1.807) is 0 Å². The molecule has 1 aliphatic heterocycles. The van der Waals surface area contributed by atoms with Gasteiger partial charge in [-0.2, -0.15) is 0 Å². The fourth-order valence-corrected chi connectivity index (χ4v) is 3.09. The molecule has 0 spiro atoms. The quantitative estimate of drug-likeness (QED) is 0.672. The predicted octanol–water partition coefficient (Wildman–Crippen LogP) is 3.28. The molecule has 1 aromatic carbocycles. The van der Waals surface area contributed by atoms with Crippen molar-refractivity contribution < 1.29 is 9.47 Å². The van der Waals surface area contributed by atoms with Gasteiger partial charge in [0.05, 0.1) is 12.8 Å². The Bertz CT molecular complexity index is 694. The van der Waals surface area contributed by atoms with Crippen LogP contribution in [0, 0.1) is 6.92 Å². The zero-order chi connectivity index (χ0) is 16.1. The molecule has 1 aliphatic rings. The number of thioether (sulfide) groups is 1. The second kappa shape index (κ2) is 7.66. The van der Waals surface area contributed by atoms with Gasteiger partial charge in [-0.3, -0.25) is 9.78 Å². The van der Waals surface area contributed by atoms with Gasteiger partial charge in [-0.05, 0) is 25.3 Å². The van der Waals surface area contributed by atoms with Gasteiger partial charge < -0.3 is 9.47 Å². The number of nitrogens with one attached hydrogen (secondary N) is 1. The third kappa shape index (κ3) is 4.59. The number of hydrogen-bond acceptors (Lipinski definition) is 5. The van der Waals surface area contributed by atoms with Crippen molar-refractivity contribution in [2.24, 2.45) is 0 Å². The predicted molar refractivity (Wildman–Crippen MR) is 89.8 cm³/mol. The number of H-pyrrole nitrogens is 1. The highest BCUT2D eigenvalue weighted by Gasteiger charge is 2.17. The van der Waals surface area contributed by atoms with E-state index in [4.69, 9.17) is 9.47 Å². The minimum absolute atomic E-state index is 0.219. The number of nitrogens with zero attached hydrogens (tertiary/aromatic N) is 1. The van der Waals surface area contributed by atoms with Gasteiger partial charge in [0.25, 0.3) is 5.56 Å². The van der Waals surface area contributed by atoms with Gasteiger partial charge in [0, 0.05) is 12.2 Å². The first-order valence-electron chi connectivity index (χ1n) is 7.76. The molecule has 2 aromatic rings. The molecule has 6 heteroatoms. The Morgan fingerprint density at radius 2 is 2.17 bits per heavy atom. The summed E-state index contributed by atoms with van der Waals surface area (Å²) in [6, 6.07) is 8.32. The van der Waals surface area contributed by atoms with Crippen LogP contribution in [0.3, 0.4) is 0 Å². The van der Waals surface area contributed by atoms with Crippen LogP contribution in [0.4, 0.5) is 0 Å². The number of hydrogen-bond donors (Lipinski definition) is 1. The third-order valence-electron chi connectivity index (χ3n) is 3.64. The average Bonchev–Trinajstić information content (AvgIpc) is 2.57. The summed E-state index contributed by atoms with van der Waals surface area (Å²) in [6.45, 7) is 2.74. The van der Waals surface area contributed by atoms with Crippen molar-refractivity contribution in [1.29, 1.82) is 0 Å². The summed E-state index contributed by atoms with van der Waals surface area (Å²) in [5, 5.41) is 0.590. The van der Waals surface area contributed by atoms with Gasteiger partial charge in [-0.15, -0.1) is 0 Å². The molecule has 1 fully saturated rings. The van der Waals surface area contributed by atoms with Crippen molar-refractivity contribution in [2.45, 2.75) is 43.4 Å². The second-order valence-electron chi connectivity index (χ2n) is 5.57. The van der Waals surface area contributed by atoms with Gasteiger partial charge in [0.1, 0.15) is 0 Å². The number of aromatic nitrogens is 2. The third-order valence-corrected chi connectivity index (χ3v) is 4.59. The molecular formula is C17H20N2O3S. The van der Waals surface area contributed by atoms with Gasteiger partial charge >= 0.3 is 0 Å². The molecular weight excluding hydrogens is 312 g/mol. The fourth-order valence-electron chi connectivity index (χ4n) is 2.31. The van der Waals surface area contributed by atoms with E-state index in [2.05, 4.69) is 41.2 Å². The summed E-state index contributed by atoms with van der Waals surface area (Å²) in [5.74, 6) is 0.978. The maximum Gasteiger partial charge on any atom is 0.294 e. The standard InChI is InChI=1S/C17H20N2O3S/c1-12-5-7-13(8-6-12)11-23-17-18-10-14(16(20)19-17)22-15-4-2-3-9-21-15/h5-8,10,15H,2-4,9,11H2,1H3,(H,18,19,20). The summed E-state index contributed by atoms with van der Waals surface area (Å²) in [6.07, 6.45) is 4.05. The van der Waals surface area contributed by atoms with Crippen LogP contribution >= 0.6 is 11.8 Å². The van der Waals surface area contributed by atoms with Crippen LogP contribution in [0.25, 0.3) is 0 Å². The van der Waals surface area contributed by atoms with Crippen LogP contribution in [0.2, 0.25) is 0 Å². The molecule has 0 radical (unpaired) electrons.